The monoisotopic (exact) mass is 661 g/mol. The third-order valence-electron chi connectivity index (χ3n) is 9.15. The normalized spacial score (nSPS) is 15.6. The molecule has 0 spiro atoms. The molecule has 4 aromatic carbocycles. The molecule has 0 fully saturated rings. The molecular weight excluding hydrogens is 622 g/mol. The molecular formula is C39H39N3O7. The van der Waals surface area contributed by atoms with Gasteiger partial charge in [0, 0.05) is 25.4 Å². The summed E-state index contributed by atoms with van der Waals surface area (Å²) >= 11 is 0. The van der Waals surface area contributed by atoms with E-state index in [0.29, 0.717) is 19.4 Å². The fourth-order valence-electron chi connectivity index (χ4n) is 6.68. The zero-order valence-corrected chi connectivity index (χ0v) is 27.0. The first kappa shape index (κ1) is 33.3. The molecule has 10 heteroatoms. The van der Waals surface area contributed by atoms with Crippen LogP contribution in [0.5, 0.6) is 0 Å². The number of benzene rings is 4. The van der Waals surface area contributed by atoms with Crippen LogP contribution in [0.25, 0.3) is 11.1 Å². The number of nitrogens with zero attached hydrogens (tertiary/aromatic N) is 1. The van der Waals surface area contributed by atoms with Gasteiger partial charge in [0.2, 0.25) is 5.91 Å². The lowest BCUT2D eigenvalue weighted by Crippen LogP contribution is -2.53. The van der Waals surface area contributed by atoms with Crippen molar-refractivity contribution in [1.82, 2.24) is 15.5 Å². The number of carboxylic acid groups (broad SMARTS) is 1. The van der Waals surface area contributed by atoms with Crippen LogP contribution in [0.2, 0.25) is 0 Å². The van der Waals surface area contributed by atoms with E-state index in [1.807, 2.05) is 91.0 Å². The van der Waals surface area contributed by atoms with Gasteiger partial charge in [-0.15, -0.1) is 0 Å². The van der Waals surface area contributed by atoms with Crippen molar-refractivity contribution in [2.45, 2.75) is 56.8 Å². The van der Waals surface area contributed by atoms with Gasteiger partial charge in [0.25, 0.3) is 0 Å². The Bertz CT molecular complexity index is 1770. The summed E-state index contributed by atoms with van der Waals surface area (Å²) in [5.41, 5.74) is 6.91. The maximum Gasteiger partial charge on any atom is 0.407 e. The van der Waals surface area contributed by atoms with E-state index in [9.17, 15) is 24.3 Å². The van der Waals surface area contributed by atoms with Gasteiger partial charge < -0.3 is 30.1 Å². The molecule has 3 N–H and O–H groups in total. The van der Waals surface area contributed by atoms with Crippen molar-refractivity contribution in [2.24, 2.45) is 0 Å². The molecule has 252 valence electrons. The van der Waals surface area contributed by atoms with Gasteiger partial charge in [-0.25, -0.2) is 14.4 Å². The Labute approximate surface area is 285 Å². The minimum Gasteiger partial charge on any atom is -0.480 e. The second-order valence-corrected chi connectivity index (χ2v) is 12.3. The number of carbonyl (C=O) groups excluding carboxylic acids is 3. The van der Waals surface area contributed by atoms with Crippen molar-refractivity contribution in [1.29, 1.82) is 0 Å². The first-order chi connectivity index (χ1) is 23.9. The second kappa shape index (κ2) is 15.5. The highest BCUT2D eigenvalue weighted by molar-refractivity contribution is 5.90. The minimum atomic E-state index is -1.14. The molecule has 4 aromatic rings. The summed E-state index contributed by atoms with van der Waals surface area (Å²) in [5.74, 6) is -1.76. The Hall–Kier alpha value is -5.64. The van der Waals surface area contributed by atoms with E-state index >= 15 is 0 Å². The zero-order chi connectivity index (χ0) is 34.2. The van der Waals surface area contributed by atoms with Crippen molar-refractivity contribution >= 4 is 24.1 Å². The molecule has 3 amide bonds. The lowest BCUT2D eigenvalue weighted by molar-refractivity contribution is -0.151. The number of amides is 3. The summed E-state index contributed by atoms with van der Waals surface area (Å²) in [5, 5.41) is 15.7. The van der Waals surface area contributed by atoms with Crippen LogP contribution in [-0.4, -0.2) is 59.3 Å². The van der Waals surface area contributed by atoms with Crippen LogP contribution in [0, 0.1) is 0 Å². The summed E-state index contributed by atoms with van der Waals surface area (Å²) < 4.78 is 11.0. The highest BCUT2D eigenvalue weighted by Gasteiger charge is 2.38. The van der Waals surface area contributed by atoms with Gasteiger partial charge in [-0.3, -0.25) is 4.79 Å². The third-order valence-corrected chi connectivity index (χ3v) is 9.15. The number of fused-ring (bicyclic) bond motifs is 4. The Morgan fingerprint density at radius 2 is 1.41 bits per heavy atom. The van der Waals surface area contributed by atoms with Crippen molar-refractivity contribution in [2.75, 3.05) is 13.2 Å². The minimum absolute atomic E-state index is 0.0899. The third kappa shape index (κ3) is 7.92. The number of rotatable bonds is 12. The van der Waals surface area contributed by atoms with Crippen LogP contribution in [0.3, 0.4) is 0 Å². The summed E-state index contributed by atoms with van der Waals surface area (Å²) in [7, 11) is 0. The molecule has 49 heavy (non-hydrogen) atoms. The number of hydrogen-bond donors (Lipinski definition) is 3. The molecule has 2 atom stereocenters. The number of unbranched alkanes of at least 4 members (excludes halogenated alkanes) is 1. The standard InChI is InChI=1S/C39H39N3O7/c43-36-34(41-39(47)49-25-33-31-18-8-6-16-29(31)30-17-7-9-19-32(30)33)22-27-14-4-5-15-28(27)23-42(36)35(37(44)45)20-10-11-21-40-38(46)48-24-26-12-2-1-3-13-26/h1-9,12-19,33-35H,10-11,20-25H2,(H,40,46)(H,41,47)(H,44,45)/t34-,35-/m0/s1. The van der Waals surface area contributed by atoms with E-state index in [2.05, 4.69) is 22.8 Å². The molecule has 0 saturated heterocycles. The summed E-state index contributed by atoms with van der Waals surface area (Å²) in [4.78, 5) is 53.2. The molecule has 1 heterocycles. The topological polar surface area (TPSA) is 134 Å². The van der Waals surface area contributed by atoms with Crippen molar-refractivity contribution in [3.63, 3.8) is 0 Å². The number of carbonyl (C=O) groups is 4. The van der Waals surface area contributed by atoms with Crippen molar-refractivity contribution in [3.05, 3.63) is 131 Å². The number of hydrogen-bond acceptors (Lipinski definition) is 6. The Balaban J connectivity index is 1.07. The number of carboxylic acids is 1. The summed E-state index contributed by atoms with van der Waals surface area (Å²) in [6.45, 7) is 0.631. The van der Waals surface area contributed by atoms with Crippen LogP contribution in [0.15, 0.2) is 103 Å². The second-order valence-electron chi connectivity index (χ2n) is 12.3. The first-order valence-electron chi connectivity index (χ1n) is 16.5. The smallest absolute Gasteiger partial charge is 0.407 e. The lowest BCUT2D eigenvalue weighted by atomic mass is 9.98. The van der Waals surface area contributed by atoms with Crippen LogP contribution >= 0.6 is 0 Å². The molecule has 0 aromatic heterocycles. The lowest BCUT2D eigenvalue weighted by Gasteiger charge is -2.30. The molecule has 1 aliphatic heterocycles. The van der Waals surface area contributed by atoms with Gasteiger partial charge >= 0.3 is 18.2 Å². The van der Waals surface area contributed by atoms with Gasteiger partial charge in [-0.1, -0.05) is 103 Å². The average molecular weight is 662 g/mol. The van der Waals surface area contributed by atoms with E-state index < -0.39 is 36.1 Å². The molecule has 2 aliphatic rings. The maximum atomic E-state index is 14.0. The van der Waals surface area contributed by atoms with E-state index in [4.69, 9.17) is 9.47 Å². The van der Waals surface area contributed by atoms with E-state index in [-0.39, 0.29) is 38.5 Å². The largest absolute Gasteiger partial charge is 0.480 e. The maximum absolute atomic E-state index is 14.0. The number of aliphatic carboxylic acids is 1. The summed E-state index contributed by atoms with van der Waals surface area (Å²) in [6, 6.07) is 30.7. The van der Waals surface area contributed by atoms with Crippen molar-refractivity contribution in [3.8, 4) is 11.1 Å². The van der Waals surface area contributed by atoms with E-state index in [1.54, 1.807) is 0 Å². The Morgan fingerprint density at radius 1 is 0.776 bits per heavy atom. The zero-order valence-electron chi connectivity index (χ0n) is 27.0. The van der Waals surface area contributed by atoms with Crippen LogP contribution in [0.1, 0.15) is 53.0 Å². The van der Waals surface area contributed by atoms with Gasteiger partial charge in [-0.05, 0) is 58.2 Å². The first-order valence-corrected chi connectivity index (χ1v) is 16.5. The average Bonchev–Trinajstić information content (AvgIpc) is 3.37. The number of nitrogens with one attached hydrogen (secondary N) is 2. The molecule has 6 rings (SSSR count). The fourth-order valence-corrected chi connectivity index (χ4v) is 6.68. The van der Waals surface area contributed by atoms with Crippen LogP contribution < -0.4 is 10.6 Å². The van der Waals surface area contributed by atoms with Gasteiger partial charge in [0.1, 0.15) is 25.3 Å². The molecule has 0 radical (unpaired) electrons. The quantitative estimate of drug-likeness (QED) is 0.158. The van der Waals surface area contributed by atoms with Gasteiger partial charge in [0.05, 0.1) is 0 Å². The fraction of sp³-hybridized carbons (Fsp3) is 0.282. The molecule has 10 nitrogen and oxygen atoms in total. The Morgan fingerprint density at radius 3 is 2.10 bits per heavy atom. The molecule has 1 aliphatic carbocycles. The number of ether oxygens (including phenoxy) is 2. The summed E-state index contributed by atoms with van der Waals surface area (Å²) in [6.07, 6.45) is 0.00570. The van der Waals surface area contributed by atoms with Crippen molar-refractivity contribution < 1.29 is 33.8 Å². The predicted molar refractivity (Wildman–Crippen MR) is 183 cm³/mol. The van der Waals surface area contributed by atoms with Gasteiger partial charge in [0.15, 0.2) is 0 Å². The highest BCUT2D eigenvalue weighted by atomic mass is 16.6. The van der Waals surface area contributed by atoms with E-state index in [0.717, 1.165) is 38.9 Å². The number of alkyl carbamates (subject to hydrolysis) is 2. The van der Waals surface area contributed by atoms with Gasteiger partial charge in [-0.2, -0.15) is 0 Å². The van der Waals surface area contributed by atoms with Crippen LogP contribution in [-0.2, 0) is 38.6 Å². The predicted octanol–water partition coefficient (Wildman–Crippen LogP) is 6.03. The van der Waals surface area contributed by atoms with E-state index in [1.165, 1.54) is 4.90 Å². The molecule has 0 bridgehead atoms. The molecule has 0 saturated carbocycles. The SMILES string of the molecule is O=C(NCCCC[C@@H](C(=O)O)N1Cc2ccccc2C[C@H](NC(=O)OCC2c3ccccc3-c3ccccc32)C1=O)OCc1ccccc1. The highest BCUT2D eigenvalue weighted by Crippen LogP contribution is 2.44. The Kier molecular flexibility index (Phi) is 10.5. The van der Waals surface area contributed by atoms with Crippen LogP contribution in [0.4, 0.5) is 9.59 Å². The molecule has 0 unspecified atom stereocenters.